The monoisotopic (exact) mass is 442 g/mol. The van der Waals surface area contributed by atoms with Crippen molar-refractivity contribution < 1.29 is 24.8 Å². The van der Waals surface area contributed by atoms with Crippen molar-refractivity contribution in [2.45, 2.75) is 134 Å². The number of allylic oxidation sites excluding steroid dienone is 2. The van der Waals surface area contributed by atoms with Crippen LogP contribution in [0.2, 0.25) is 0 Å². The van der Waals surface area contributed by atoms with Crippen molar-refractivity contribution in [3.05, 3.63) is 12.2 Å². The zero-order valence-corrected chi connectivity index (χ0v) is 20.1. The third-order valence-electron chi connectivity index (χ3n) is 6.21. The van der Waals surface area contributed by atoms with Crippen molar-refractivity contribution in [1.29, 1.82) is 0 Å². The van der Waals surface area contributed by atoms with Gasteiger partial charge in [-0.25, -0.2) is 0 Å². The van der Waals surface area contributed by atoms with Crippen LogP contribution in [-0.4, -0.2) is 59.6 Å². The smallest absolute Gasteiger partial charge is 0.114 e. The first-order valence-corrected chi connectivity index (χ1v) is 13.1. The van der Waals surface area contributed by atoms with Crippen molar-refractivity contribution in [2.75, 3.05) is 19.8 Å². The highest BCUT2D eigenvalue weighted by Crippen LogP contribution is 2.20. The van der Waals surface area contributed by atoms with Crippen LogP contribution in [0.1, 0.15) is 110 Å². The summed E-state index contributed by atoms with van der Waals surface area (Å²) in [6.07, 6.45) is 22.3. The lowest BCUT2D eigenvalue weighted by Crippen LogP contribution is -2.42. The van der Waals surface area contributed by atoms with E-state index in [0.29, 0.717) is 6.61 Å². The number of rotatable bonds is 21. The minimum absolute atomic E-state index is 0.0999. The van der Waals surface area contributed by atoms with Crippen LogP contribution in [0.5, 0.6) is 0 Å². The van der Waals surface area contributed by atoms with E-state index in [1.54, 1.807) is 0 Å². The van der Waals surface area contributed by atoms with E-state index in [4.69, 9.17) is 9.47 Å². The van der Waals surface area contributed by atoms with Crippen LogP contribution in [0.3, 0.4) is 0 Å². The molecule has 5 nitrogen and oxygen atoms in total. The Morgan fingerprint density at radius 1 is 0.806 bits per heavy atom. The molecular formula is C26H50O5. The summed E-state index contributed by atoms with van der Waals surface area (Å²) < 4.78 is 11.0. The van der Waals surface area contributed by atoms with E-state index in [1.807, 2.05) is 0 Å². The lowest BCUT2D eigenvalue weighted by Gasteiger charge is -2.24. The molecule has 0 spiro atoms. The first kappa shape index (κ1) is 28.6. The molecule has 0 unspecified atom stereocenters. The molecule has 184 valence electrons. The minimum Gasteiger partial charge on any atom is -0.394 e. The topological polar surface area (TPSA) is 79.2 Å². The summed E-state index contributed by atoms with van der Waals surface area (Å²) in [4.78, 5) is 0. The molecule has 4 atom stereocenters. The van der Waals surface area contributed by atoms with Gasteiger partial charge < -0.3 is 24.8 Å². The number of hydrogen-bond acceptors (Lipinski definition) is 5. The molecule has 5 heteroatoms. The summed E-state index contributed by atoms with van der Waals surface area (Å²) in [5.41, 5.74) is 0. The van der Waals surface area contributed by atoms with Gasteiger partial charge in [0, 0.05) is 6.61 Å². The Labute approximate surface area is 191 Å². The maximum atomic E-state index is 9.85. The van der Waals surface area contributed by atoms with Crippen LogP contribution in [0.25, 0.3) is 0 Å². The fourth-order valence-electron chi connectivity index (χ4n) is 4.15. The first-order valence-electron chi connectivity index (χ1n) is 13.1. The number of aliphatic hydroxyl groups is 3. The predicted octanol–water partition coefficient (Wildman–Crippen LogP) is 5.30. The summed E-state index contributed by atoms with van der Waals surface area (Å²) in [6.45, 7) is 2.68. The number of aliphatic hydroxyl groups excluding tert-OH is 3. The van der Waals surface area contributed by atoms with E-state index >= 15 is 0 Å². The van der Waals surface area contributed by atoms with Crippen LogP contribution in [0.15, 0.2) is 12.2 Å². The number of ether oxygens (including phenoxy) is 2. The van der Waals surface area contributed by atoms with Crippen LogP contribution < -0.4 is 0 Å². The maximum absolute atomic E-state index is 9.85. The molecular weight excluding hydrogens is 392 g/mol. The van der Waals surface area contributed by atoms with Gasteiger partial charge in [-0.05, 0) is 25.7 Å². The summed E-state index contributed by atoms with van der Waals surface area (Å²) in [5.74, 6) is 0. The first-order chi connectivity index (χ1) is 15.2. The Morgan fingerprint density at radius 2 is 1.32 bits per heavy atom. The lowest BCUT2D eigenvalue weighted by atomic mass is 10.0. The average molecular weight is 443 g/mol. The molecule has 0 aromatic rings. The second-order valence-electron chi connectivity index (χ2n) is 9.09. The van der Waals surface area contributed by atoms with E-state index in [0.717, 1.165) is 12.8 Å². The molecule has 0 aromatic carbocycles. The van der Waals surface area contributed by atoms with E-state index in [-0.39, 0.29) is 13.2 Å². The highest BCUT2D eigenvalue weighted by Gasteiger charge is 2.40. The van der Waals surface area contributed by atoms with Crippen molar-refractivity contribution in [3.63, 3.8) is 0 Å². The van der Waals surface area contributed by atoms with E-state index in [9.17, 15) is 15.3 Å². The standard InChI is InChI=1S/C26H50O5/c1-2-3-4-5-6-7-8-9-10-11-12-13-14-15-16-17-18-19-20-30-24(21-27)26-25(29)23(28)22-31-26/h4-5,23-29H,2-3,6-22H2,1H3/b5-4+/t23-,24+,25-,26-/m0/s1. The molecule has 0 aromatic heterocycles. The molecule has 0 radical (unpaired) electrons. The normalized spacial score (nSPS) is 22.5. The van der Waals surface area contributed by atoms with Crippen LogP contribution in [0.4, 0.5) is 0 Å². The van der Waals surface area contributed by atoms with Gasteiger partial charge in [-0.1, -0.05) is 96.1 Å². The van der Waals surface area contributed by atoms with Crippen molar-refractivity contribution in [1.82, 2.24) is 0 Å². The summed E-state index contributed by atoms with van der Waals surface area (Å²) in [7, 11) is 0. The second kappa shape index (κ2) is 20.2. The average Bonchev–Trinajstić information content (AvgIpc) is 3.11. The molecule has 0 saturated carbocycles. The van der Waals surface area contributed by atoms with Crippen LogP contribution >= 0.6 is 0 Å². The molecule has 1 saturated heterocycles. The van der Waals surface area contributed by atoms with E-state index in [2.05, 4.69) is 19.1 Å². The fraction of sp³-hybridized carbons (Fsp3) is 0.923. The van der Waals surface area contributed by atoms with Crippen LogP contribution in [-0.2, 0) is 9.47 Å². The third-order valence-corrected chi connectivity index (χ3v) is 6.21. The van der Waals surface area contributed by atoms with Gasteiger partial charge in [0.15, 0.2) is 0 Å². The Morgan fingerprint density at radius 3 is 1.81 bits per heavy atom. The highest BCUT2D eigenvalue weighted by molar-refractivity contribution is 4.88. The molecule has 31 heavy (non-hydrogen) atoms. The Hall–Kier alpha value is -0.460. The molecule has 0 bridgehead atoms. The van der Waals surface area contributed by atoms with Crippen molar-refractivity contribution in [2.24, 2.45) is 0 Å². The molecule has 3 N–H and O–H groups in total. The van der Waals surface area contributed by atoms with Gasteiger partial charge in [-0.15, -0.1) is 0 Å². The molecule has 1 aliphatic rings. The third kappa shape index (κ3) is 14.3. The van der Waals surface area contributed by atoms with E-state index in [1.165, 1.54) is 89.9 Å². The maximum Gasteiger partial charge on any atom is 0.114 e. The second-order valence-corrected chi connectivity index (χ2v) is 9.09. The summed E-state index contributed by atoms with van der Waals surface area (Å²) in [5, 5.41) is 28.8. The molecule has 1 fully saturated rings. The van der Waals surface area contributed by atoms with Crippen molar-refractivity contribution in [3.8, 4) is 0 Å². The van der Waals surface area contributed by atoms with E-state index < -0.39 is 24.4 Å². The van der Waals surface area contributed by atoms with Gasteiger partial charge >= 0.3 is 0 Å². The summed E-state index contributed by atoms with van der Waals surface area (Å²) >= 11 is 0. The lowest BCUT2D eigenvalue weighted by molar-refractivity contribution is -0.101. The molecule has 1 heterocycles. The molecule has 1 rings (SSSR count). The fourth-order valence-corrected chi connectivity index (χ4v) is 4.15. The van der Waals surface area contributed by atoms with Gasteiger partial charge in [0.25, 0.3) is 0 Å². The zero-order valence-electron chi connectivity index (χ0n) is 20.1. The van der Waals surface area contributed by atoms with Gasteiger partial charge in [-0.3, -0.25) is 0 Å². The van der Waals surface area contributed by atoms with Gasteiger partial charge in [-0.2, -0.15) is 0 Å². The minimum atomic E-state index is -0.977. The number of hydrogen-bond donors (Lipinski definition) is 3. The van der Waals surface area contributed by atoms with Crippen molar-refractivity contribution >= 4 is 0 Å². The van der Waals surface area contributed by atoms with Gasteiger partial charge in [0.2, 0.25) is 0 Å². The van der Waals surface area contributed by atoms with Gasteiger partial charge in [0.1, 0.15) is 24.4 Å². The highest BCUT2D eigenvalue weighted by atomic mass is 16.6. The largest absolute Gasteiger partial charge is 0.394 e. The molecule has 0 aliphatic carbocycles. The number of unbranched alkanes of at least 4 members (excludes halogenated alkanes) is 14. The SMILES string of the molecule is CCC/C=C/CCCCCCCCCCCCCCCO[C@H](CO)[C@@H]1OC[C@H](O)[C@@H]1O. The Kier molecular flexibility index (Phi) is 18.6. The summed E-state index contributed by atoms with van der Waals surface area (Å²) in [6, 6.07) is 0. The quantitative estimate of drug-likeness (QED) is 0.166. The van der Waals surface area contributed by atoms with Crippen LogP contribution in [0, 0.1) is 0 Å². The van der Waals surface area contributed by atoms with Gasteiger partial charge in [0.05, 0.1) is 13.2 Å². The Balaban J connectivity index is 1.80. The molecule has 0 amide bonds. The molecule has 1 aliphatic heterocycles. The predicted molar refractivity (Wildman–Crippen MR) is 127 cm³/mol. The Bertz CT molecular complexity index is 415. The zero-order chi connectivity index (χ0) is 22.6.